The number of fused-ring (bicyclic) bond motifs is 2. The van der Waals surface area contributed by atoms with Crippen molar-refractivity contribution in [2.24, 2.45) is 0 Å². The molecule has 0 aromatic heterocycles. The van der Waals surface area contributed by atoms with Crippen molar-refractivity contribution in [2.45, 2.75) is 13.8 Å². The first-order chi connectivity index (χ1) is 12.9. The molecule has 2 heteroatoms. The maximum absolute atomic E-state index is 5.21. The molecule has 0 saturated heterocycles. The smallest absolute Gasteiger partial charge is 0.236 e. The summed E-state index contributed by atoms with van der Waals surface area (Å²) in [5.41, 5.74) is 2.33. The molecule has 0 aliphatic heterocycles. The molecule has 0 unspecified atom stereocenters. The lowest BCUT2D eigenvalue weighted by Gasteiger charge is -2.17. The quantitative estimate of drug-likeness (QED) is 0.249. The summed E-state index contributed by atoms with van der Waals surface area (Å²) in [6.45, 7) is 5.12. The molecule has 2 nitrogen and oxygen atoms in total. The van der Waals surface area contributed by atoms with E-state index < -0.39 is 0 Å². The SMILES string of the molecule is CC[O+]=[C-]/C=C/c1c2ccccc2c(/C=C/[C-]=[O+]CC)c2ccccc12. The minimum absolute atomic E-state index is 0.613. The van der Waals surface area contributed by atoms with Crippen LogP contribution in [0.3, 0.4) is 0 Å². The van der Waals surface area contributed by atoms with Crippen LogP contribution in [0.2, 0.25) is 0 Å². The number of allylic oxidation sites excluding steroid dienone is 2. The summed E-state index contributed by atoms with van der Waals surface area (Å²) in [6.07, 6.45) is 13.5. The third-order valence-electron chi connectivity index (χ3n) is 4.11. The fourth-order valence-corrected chi connectivity index (χ4v) is 3.05. The maximum Gasteiger partial charge on any atom is 0.236 e. The van der Waals surface area contributed by atoms with Crippen molar-refractivity contribution in [1.29, 1.82) is 0 Å². The van der Waals surface area contributed by atoms with Crippen LogP contribution in [0.25, 0.3) is 33.7 Å². The van der Waals surface area contributed by atoms with Crippen LogP contribution in [0.5, 0.6) is 0 Å². The standard InChI is InChI=1S/C24H22O2/c1-3-25-17-9-15-23-19-11-5-7-13-21(19)24(16-10-18-26-4-2)22-14-8-6-12-20(22)23/h5-16H,3-4H2,1-2H3/b15-9+,16-10+. The van der Waals surface area contributed by atoms with Crippen molar-refractivity contribution in [3.05, 3.63) is 71.8 Å². The van der Waals surface area contributed by atoms with Gasteiger partial charge in [-0.1, -0.05) is 59.7 Å². The highest BCUT2D eigenvalue weighted by Gasteiger charge is 2.05. The van der Waals surface area contributed by atoms with Crippen molar-refractivity contribution in [3.8, 4) is 0 Å². The van der Waals surface area contributed by atoms with Gasteiger partial charge in [0.1, 0.15) is 0 Å². The van der Waals surface area contributed by atoms with E-state index in [1.807, 2.05) is 26.0 Å². The van der Waals surface area contributed by atoms with E-state index in [1.165, 1.54) is 32.7 Å². The van der Waals surface area contributed by atoms with E-state index >= 15 is 0 Å². The summed E-state index contributed by atoms with van der Waals surface area (Å²) in [5.74, 6) is 0. The van der Waals surface area contributed by atoms with E-state index in [0.29, 0.717) is 13.2 Å². The van der Waals surface area contributed by atoms with Gasteiger partial charge in [-0.3, -0.25) is 0 Å². The van der Waals surface area contributed by atoms with Crippen LogP contribution in [-0.2, 0) is 8.85 Å². The van der Waals surface area contributed by atoms with Gasteiger partial charge < -0.3 is 8.85 Å². The van der Waals surface area contributed by atoms with E-state index in [2.05, 4.69) is 73.3 Å². The average Bonchev–Trinajstić information content (AvgIpc) is 2.69. The Labute approximate surface area is 154 Å². The van der Waals surface area contributed by atoms with Gasteiger partial charge in [-0.15, -0.1) is 12.2 Å². The molecule has 0 spiro atoms. The lowest BCUT2D eigenvalue weighted by Crippen LogP contribution is -1.89. The highest BCUT2D eigenvalue weighted by atomic mass is 16.4. The molecule has 3 aromatic carbocycles. The van der Waals surface area contributed by atoms with Crippen LogP contribution in [0.15, 0.2) is 60.7 Å². The van der Waals surface area contributed by atoms with Gasteiger partial charge in [-0.25, -0.2) is 0 Å². The predicted octanol–water partition coefficient (Wildman–Crippen LogP) is 5.35. The second-order valence-corrected chi connectivity index (χ2v) is 5.69. The Kier molecular flexibility index (Phi) is 6.10. The second-order valence-electron chi connectivity index (χ2n) is 5.69. The van der Waals surface area contributed by atoms with Gasteiger partial charge in [0.2, 0.25) is 25.8 Å². The van der Waals surface area contributed by atoms with Crippen LogP contribution in [0.1, 0.15) is 25.0 Å². The zero-order valence-corrected chi connectivity index (χ0v) is 15.2. The number of hydrogen-bond donors (Lipinski definition) is 0. The summed E-state index contributed by atoms with van der Waals surface area (Å²) < 4.78 is 10.4. The van der Waals surface area contributed by atoms with E-state index in [-0.39, 0.29) is 0 Å². The Hall–Kier alpha value is -3.00. The zero-order chi connectivity index (χ0) is 18.2. The third kappa shape index (κ3) is 3.80. The highest BCUT2D eigenvalue weighted by Crippen LogP contribution is 2.34. The van der Waals surface area contributed by atoms with Crippen LogP contribution in [0, 0.1) is 0 Å². The Balaban J connectivity index is 2.28. The summed E-state index contributed by atoms with van der Waals surface area (Å²) in [4.78, 5) is 0. The molecule has 0 radical (unpaired) electrons. The van der Waals surface area contributed by atoms with Gasteiger partial charge in [0.15, 0.2) is 0 Å². The molecule has 0 bridgehead atoms. The molecular weight excluding hydrogens is 320 g/mol. The first kappa shape index (κ1) is 17.8. The summed E-state index contributed by atoms with van der Waals surface area (Å²) in [5, 5.41) is 4.77. The Morgan fingerprint density at radius 1 is 0.654 bits per heavy atom. The summed E-state index contributed by atoms with van der Waals surface area (Å²) >= 11 is 0. The van der Waals surface area contributed by atoms with Crippen LogP contribution < -0.4 is 0 Å². The molecule has 3 rings (SSSR count). The number of hydrogen-bond acceptors (Lipinski definition) is 0. The van der Waals surface area contributed by atoms with Crippen molar-refractivity contribution in [2.75, 3.05) is 13.2 Å². The molecule has 0 amide bonds. The minimum Gasteiger partial charge on any atom is -0.353 e. The summed E-state index contributed by atoms with van der Waals surface area (Å²) in [7, 11) is 0. The molecule has 3 aromatic rings. The number of benzene rings is 3. The van der Waals surface area contributed by atoms with Gasteiger partial charge in [-0.05, 0) is 21.5 Å². The first-order valence-corrected chi connectivity index (χ1v) is 8.88. The zero-order valence-electron chi connectivity index (χ0n) is 15.2. The van der Waals surface area contributed by atoms with Crippen LogP contribution in [-0.4, -0.2) is 25.8 Å². The molecule has 0 N–H and O–H groups in total. The molecule has 0 atom stereocenters. The Morgan fingerprint density at radius 3 is 1.31 bits per heavy atom. The molecular formula is C24H22O2. The van der Waals surface area contributed by atoms with Gasteiger partial charge in [0, 0.05) is 13.8 Å². The Morgan fingerprint density at radius 2 is 1.00 bits per heavy atom. The number of rotatable bonds is 6. The van der Waals surface area contributed by atoms with Gasteiger partial charge in [-0.2, -0.15) is 12.2 Å². The first-order valence-electron chi connectivity index (χ1n) is 8.88. The van der Waals surface area contributed by atoms with E-state index in [9.17, 15) is 0 Å². The van der Waals surface area contributed by atoms with Gasteiger partial charge >= 0.3 is 0 Å². The minimum atomic E-state index is 0.613. The highest BCUT2D eigenvalue weighted by molar-refractivity contribution is 6.13. The Bertz CT molecular complexity index is 868. The molecule has 26 heavy (non-hydrogen) atoms. The molecule has 0 aliphatic rings. The van der Waals surface area contributed by atoms with E-state index in [4.69, 9.17) is 8.85 Å². The molecule has 0 aliphatic carbocycles. The average molecular weight is 342 g/mol. The summed E-state index contributed by atoms with van der Waals surface area (Å²) in [6, 6.07) is 16.9. The van der Waals surface area contributed by atoms with Crippen molar-refractivity contribution >= 4 is 46.3 Å². The van der Waals surface area contributed by atoms with Gasteiger partial charge in [0.25, 0.3) is 0 Å². The topological polar surface area (TPSA) is 22.6 Å². The fourth-order valence-electron chi connectivity index (χ4n) is 3.05. The lowest BCUT2D eigenvalue weighted by atomic mass is 9.91. The van der Waals surface area contributed by atoms with Gasteiger partial charge in [0.05, 0.1) is 0 Å². The van der Waals surface area contributed by atoms with Crippen LogP contribution in [0.4, 0.5) is 0 Å². The largest absolute Gasteiger partial charge is 0.353 e. The predicted molar refractivity (Wildman–Crippen MR) is 112 cm³/mol. The fraction of sp³-hybridized carbons (Fsp3) is 0.167. The third-order valence-corrected chi connectivity index (χ3v) is 4.11. The van der Waals surface area contributed by atoms with Crippen molar-refractivity contribution < 1.29 is 8.85 Å². The molecule has 130 valence electrons. The monoisotopic (exact) mass is 342 g/mol. The van der Waals surface area contributed by atoms with Crippen molar-refractivity contribution in [1.82, 2.24) is 0 Å². The van der Waals surface area contributed by atoms with E-state index in [1.54, 1.807) is 0 Å². The number of carbonyl (C=O) groups excluding carboxylic acids is 2. The second kappa shape index (κ2) is 8.91. The van der Waals surface area contributed by atoms with E-state index in [0.717, 1.165) is 0 Å². The molecule has 0 saturated carbocycles. The molecule has 0 heterocycles. The van der Waals surface area contributed by atoms with Crippen molar-refractivity contribution in [3.63, 3.8) is 0 Å². The lowest BCUT2D eigenvalue weighted by molar-refractivity contribution is 0.124. The van der Waals surface area contributed by atoms with Crippen LogP contribution >= 0.6 is 0 Å². The maximum atomic E-state index is 5.21. The normalized spacial score (nSPS) is 12.7. The molecule has 0 fully saturated rings.